The molecule has 0 atom stereocenters. The molecule has 3 aromatic rings. The summed E-state index contributed by atoms with van der Waals surface area (Å²) in [5.41, 5.74) is 7.72. The Balaban J connectivity index is 1.98. The van der Waals surface area contributed by atoms with Crippen LogP contribution in [-0.2, 0) is 0 Å². The molecule has 0 saturated carbocycles. The van der Waals surface area contributed by atoms with E-state index >= 15 is 0 Å². The molecule has 0 bridgehead atoms. The Hall–Kier alpha value is -3.42. The molecule has 1 aromatic carbocycles. The molecule has 0 spiro atoms. The van der Waals surface area contributed by atoms with Crippen molar-refractivity contribution in [3.63, 3.8) is 0 Å². The van der Waals surface area contributed by atoms with Crippen LogP contribution in [-0.4, -0.2) is 33.6 Å². The van der Waals surface area contributed by atoms with Gasteiger partial charge in [-0.2, -0.15) is 5.10 Å². The third-order valence-electron chi connectivity index (χ3n) is 3.23. The van der Waals surface area contributed by atoms with Gasteiger partial charge < -0.3 is 11.1 Å². The van der Waals surface area contributed by atoms with Gasteiger partial charge in [-0.25, -0.2) is 14.3 Å². The quantitative estimate of drug-likeness (QED) is 0.675. The third kappa shape index (κ3) is 2.95. The summed E-state index contributed by atoms with van der Waals surface area (Å²) in [5.74, 6) is -0.104. The molecule has 4 N–H and O–H groups in total. The van der Waals surface area contributed by atoms with Gasteiger partial charge in [0.05, 0.1) is 11.9 Å². The Morgan fingerprint density at radius 1 is 1.22 bits per heavy atom. The Kier molecular flexibility index (Phi) is 3.63. The van der Waals surface area contributed by atoms with Gasteiger partial charge in [0.2, 0.25) is 5.91 Å². The molecule has 23 heavy (non-hydrogen) atoms. The second-order valence-electron chi connectivity index (χ2n) is 4.80. The van der Waals surface area contributed by atoms with Gasteiger partial charge in [0.25, 0.3) is 0 Å². The van der Waals surface area contributed by atoms with Crippen LogP contribution >= 0.6 is 0 Å². The second-order valence-corrected chi connectivity index (χ2v) is 4.80. The number of nitrogens with one attached hydrogen (secondary N) is 2. The average molecular weight is 310 g/mol. The number of aromatic nitrogens is 3. The number of imidazole rings is 1. The van der Waals surface area contributed by atoms with E-state index in [9.17, 15) is 9.59 Å². The van der Waals surface area contributed by atoms with Crippen LogP contribution in [0.1, 0.15) is 10.4 Å². The molecule has 116 valence electrons. The SMILES string of the molecule is CNC(=O)Nc1cn2nc(-c3cccc(C(N)=O)c3)ccc2n1. The van der Waals surface area contributed by atoms with Gasteiger partial charge in [0.15, 0.2) is 11.5 Å². The Labute approximate surface area is 131 Å². The number of fused-ring (bicyclic) bond motifs is 1. The van der Waals surface area contributed by atoms with Crippen molar-refractivity contribution in [2.75, 3.05) is 12.4 Å². The Morgan fingerprint density at radius 3 is 2.78 bits per heavy atom. The van der Waals surface area contributed by atoms with E-state index in [0.29, 0.717) is 22.7 Å². The lowest BCUT2D eigenvalue weighted by molar-refractivity contribution is 0.100. The largest absolute Gasteiger partial charge is 0.366 e. The van der Waals surface area contributed by atoms with Gasteiger partial charge in [-0.1, -0.05) is 12.1 Å². The fourth-order valence-electron chi connectivity index (χ4n) is 2.11. The maximum absolute atomic E-state index is 11.3. The highest BCUT2D eigenvalue weighted by Gasteiger charge is 2.08. The van der Waals surface area contributed by atoms with Crippen LogP contribution in [0.25, 0.3) is 16.9 Å². The number of carbonyl (C=O) groups excluding carboxylic acids is 2. The molecule has 2 heterocycles. The van der Waals surface area contributed by atoms with E-state index in [2.05, 4.69) is 20.7 Å². The van der Waals surface area contributed by atoms with Crippen LogP contribution in [0.5, 0.6) is 0 Å². The number of nitrogens with two attached hydrogens (primary N) is 1. The molecule has 0 aliphatic heterocycles. The number of carbonyl (C=O) groups is 2. The first kappa shape index (κ1) is 14.5. The Morgan fingerprint density at radius 2 is 2.04 bits per heavy atom. The van der Waals surface area contributed by atoms with Gasteiger partial charge in [0.1, 0.15) is 0 Å². The van der Waals surface area contributed by atoms with E-state index in [0.717, 1.165) is 5.56 Å². The van der Waals surface area contributed by atoms with Crippen LogP contribution in [0.2, 0.25) is 0 Å². The molecular formula is C15H14N6O2. The number of amides is 3. The van der Waals surface area contributed by atoms with Crippen molar-refractivity contribution in [2.45, 2.75) is 0 Å². The normalized spacial score (nSPS) is 10.5. The van der Waals surface area contributed by atoms with Gasteiger partial charge in [-0.15, -0.1) is 0 Å². The summed E-state index contributed by atoms with van der Waals surface area (Å²) in [6.07, 6.45) is 1.60. The highest BCUT2D eigenvalue weighted by molar-refractivity contribution is 5.94. The molecule has 2 aromatic heterocycles. The molecule has 0 unspecified atom stereocenters. The predicted molar refractivity (Wildman–Crippen MR) is 85.0 cm³/mol. The van der Waals surface area contributed by atoms with E-state index in [4.69, 9.17) is 5.73 Å². The number of anilines is 1. The highest BCUT2D eigenvalue weighted by Crippen LogP contribution is 2.19. The first-order valence-electron chi connectivity index (χ1n) is 6.82. The molecule has 8 heteroatoms. The lowest BCUT2D eigenvalue weighted by Gasteiger charge is -2.03. The van der Waals surface area contributed by atoms with Crippen LogP contribution in [0.3, 0.4) is 0 Å². The monoisotopic (exact) mass is 310 g/mol. The second kappa shape index (κ2) is 5.76. The smallest absolute Gasteiger partial charge is 0.320 e. The lowest BCUT2D eigenvalue weighted by Crippen LogP contribution is -2.24. The van der Waals surface area contributed by atoms with Gasteiger partial charge in [-0.05, 0) is 24.3 Å². The molecular weight excluding hydrogens is 296 g/mol. The number of rotatable bonds is 3. The van der Waals surface area contributed by atoms with Crippen molar-refractivity contribution in [2.24, 2.45) is 5.73 Å². The summed E-state index contributed by atoms with van der Waals surface area (Å²) in [4.78, 5) is 26.8. The average Bonchev–Trinajstić information content (AvgIpc) is 2.96. The highest BCUT2D eigenvalue weighted by atomic mass is 16.2. The number of hydrogen-bond donors (Lipinski definition) is 3. The number of benzene rings is 1. The van der Waals surface area contributed by atoms with Crippen molar-refractivity contribution < 1.29 is 9.59 Å². The van der Waals surface area contributed by atoms with E-state index in [1.54, 1.807) is 41.0 Å². The lowest BCUT2D eigenvalue weighted by atomic mass is 10.1. The van der Waals surface area contributed by atoms with Crippen LogP contribution in [0.15, 0.2) is 42.6 Å². The molecule has 0 aliphatic carbocycles. The molecule has 0 saturated heterocycles. The molecule has 8 nitrogen and oxygen atoms in total. The van der Waals surface area contributed by atoms with Crippen molar-refractivity contribution >= 4 is 23.4 Å². The Bertz CT molecular complexity index is 902. The number of urea groups is 1. The van der Waals surface area contributed by atoms with Crippen LogP contribution < -0.4 is 16.4 Å². The van der Waals surface area contributed by atoms with Gasteiger partial charge in [-0.3, -0.25) is 10.1 Å². The summed E-state index contributed by atoms with van der Waals surface area (Å²) in [7, 11) is 1.52. The van der Waals surface area contributed by atoms with E-state index in [-0.39, 0.29) is 6.03 Å². The van der Waals surface area contributed by atoms with Crippen LogP contribution in [0.4, 0.5) is 10.6 Å². The summed E-state index contributed by atoms with van der Waals surface area (Å²) >= 11 is 0. The zero-order valence-electron chi connectivity index (χ0n) is 12.3. The molecule has 3 amide bonds. The first-order chi connectivity index (χ1) is 11.1. The summed E-state index contributed by atoms with van der Waals surface area (Å²) in [5, 5.41) is 9.46. The zero-order chi connectivity index (χ0) is 16.4. The predicted octanol–water partition coefficient (Wildman–Crippen LogP) is 1.25. The minimum absolute atomic E-state index is 0.359. The van der Waals surface area contributed by atoms with E-state index in [1.807, 2.05) is 6.07 Å². The maximum Gasteiger partial charge on any atom is 0.320 e. The third-order valence-corrected chi connectivity index (χ3v) is 3.23. The molecule has 3 rings (SSSR count). The van der Waals surface area contributed by atoms with Crippen LogP contribution in [0, 0.1) is 0 Å². The number of hydrogen-bond acceptors (Lipinski definition) is 4. The van der Waals surface area contributed by atoms with Crippen molar-refractivity contribution in [3.05, 3.63) is 48.2 Å². The molecule has 0 radical (unpaired) electrons. The first-order valence-corrected chi connectivity index (χ1v) is 6.82. The van der Waals surface area contributed by atoms with Crippen molar-refractivity contribution in [1.29, 1.82) is 0 Å². The minimum Gasteiger partial charge on any atom is -0.366 e. The fraction of sp³-hybridized carbons (Fsp3) is 0.0667. The minimum atomic E-state index is -0.493. The topological polar surface area (TPSA) is 114 Å². The number of nitrogens with zero attached hydrogens (tertiary/aromatic N) is 3. The van der Waals surface area contributed by atoms with E-state index < -0.39 is 5.91 Å². The standard InChI is InChI=1S/C15H14N6O2/c1-17-15(23)19-12-8-21-13(18-12)6-5-11(20-21)9-3-2-4-10(7-9)14(16)22/h2-8H,1H3,(H2,16,22)(H2,17,19,23). The fourth-order valence-corrected chi connectivity index (χ4v) is 2.11. The number of primary amides is 1. The van der Waals surface area contributed by atoms with Crippen molar-refractivity contribution in [3.8, 4) is 11.3 Å². The molecule has 0 aliphatic rings. The van der Waals surface area contributed by atoms with E-state index in [1.165, 1.54) is 7.05 Å². The van der Waals surface area contributed by atoms with Crippen molar-refractivity contribution in [1.82, 2.24) is 19.9 Å². The summed E-state index contributed by atoms with van der Waals surface area (Å²) < 4.78 is 1.55. The van der Waals surface area contributed by atoms with Gasteiger partial charge >= 0.3 is 6.03 Å². The zero-order valence-corrected chi connectivity index (χ0v) is 12.3. The molecule has 0 fully saturated rings. The summed E-state index contributed by atoms with van der Waals surface area (Å²) in [6, 6.07) is 10.1. The van der Waals surface area contributed by atoms with Gasteiger partial charge in [0, 0.05) is 18.2 Å². The summed E-state index contributed by atoms with van der Waals surface area (Å²) in [6.45, 7) is 0. The maximum atomic E-state index is 11.3.